The summed E-state index contributed by atoms with van der Waals surface area (Å²) in [6, 6.07) is 9.48. The van der Waals surface area contributed by atoms with Gasteiger partial charge in [0.15, 0.2) is 0 Å². The van der Waals surface area contributed by atoms with E-state index in [4.69, 9.17) is 10.5 Å². The molecule has 3 N–H and O–H groups in total. The van der Waals surface area contributed by atoms with E-state index in [2.05, 4.69) is 24.4 Å². The smallest absolute Gasteiger partial charge is 0.340 e. The Hall–Kier alpha value is -2.01. The van der Waals surface area contributed by atoms with E-state index in [1.807, 2.05) is 0 Å². The maximum Gasteiger partial charge on any atom is 0.340 e. The highest BCUT2D eigenvalue weighted by molar-refractivity contribution is 7.12. The Morgan fingerprint density at radius 1 is 1.24 bits per heavy atom. The van der Waals surface area contributed by atoms with Crippen LogP contribution in [-0.4, -0.2) is 12.6 Å². The summed E-state index contributed by atoms with van der Waals surface area (Å²) in [4.78, 5) is 14.5. The van der Waals surface area contributed by atoms with E-state index in [1.54, 1.807) is 36.5 Å². The zero-order valence-corrected chi connectivity index (χ0v) is 13.1. The lowest BCUT2D eigenvalue weighted by Gasteiger charge is -2.13. The SMILES string of the molecule is CCOC(=O)c1cccc(N)c1NCc1ccc(CC)s1. The van der Waals surface area contributed by atoms with Crippen molar-refractivity contribution in [1.82, 2.24) is 0 Å². The van der Waals surface area contributed by atoms with Gasteiger partial charge in [-0.15, -0.1) is 11.3 Å². The van der Waals surface area contributed by atoms with Gasteiger partial charge in [-0.25, -0.2) is 4.79 Å². The molecule has 0 saturated carbocycles. The number of nitrogen functional groups attached to an aromatic ring is 1. The van der Waals surface area contributed by atoms with Gasteiger partial charge in [0.25, 0.3) is 0 Å². The largest absolute Gasteiger partial charge is 0.462 e. The standard InChI is InChI=1S/C16H20N2O2S/c1-3-11-8-9-12(21-11)10-18-15-13(16(19)20-4-2)6-5-7-14(15)17/h5-9,18H,3-4,10,17H2,1-2H3. The van der Waals surface area contributed by atoms with Crippen LogP contribution in [0, 0.1) is 0 Å². The minimum atomic E-state index is -0.354. The van der Waals surface area contributed by atoms with Crippen molar-refractivity contribution in [2.75, 3.05) is 17.7 Å². The molecule has 4 nitrogen and oxygen atoms in total. The quantitative estimate of drug-likeness (QED) is 0.631. The highest BCUT2D eigenvalue weighted by atomic mass is 32.1. The number of hydrogen-bond acceptors (Lipinski definition) is 5. The molecule has 0 fully saturated rings. The van der Waals surface area contributed by atoms with E-state index in [-0.39, 0.29) is 5.97 Å². The number of hydrogen-bond donors (Lipinski definition) is 2. The van der Waals surface area contributed by atoms with Crippen LogP contribution in [-0.2, 0) is 17.7 Å². The van der Waals surface area contributed by atoms with E-state index < -0.39 is 0 Å². The number of anilines is 2. The van der Waals surface area contributed by atoms with Crippen LogP contribution < -0.4 is 11.1 Å². The number of nitrogens with one attached hydrogen (secondary N) is 1. The predicted octanol–water partition coefficient (Wildman–Crippen LogP) is 3.68. The van der Waals surface area contributed by atoms with Gasteiger partial charge >= 0.3 is 5.97 Å². The molecule has 0 aliphatic heterocycles. The topological polar surface area (TPSA) is 64.3 Å². The van der Waals surface area contributed by atoms with Crippen molar-refractivity contribution in [3.63, 3.8) is 0 Å². The fourth-order valence-corrected chi connectivity index (χ4v) is 2.93. The number of para-hydroxylation sites is 1. The lowest BCUT2D eigenvalue weighted by atomic mass is 10.1. The van der Waals surface area contributed by atoms with Crippen molar-refractivity contribution in [1.29, 1.82) is 0 Å². The molecule has 0 spiro atoms. The number of aryl methyl sites for hydroxylation is 1. The minimum absolute atomic E-state index is 0.345. The van der Waals surface area contributed by atoms with Crippen LogP contribution >= 0.6 is 11.3 Å². The Bertz CT molecular complexity index is 622. The molecule has 0 bridgehead atoms. The number of esters is 1. The van der Waals surface area contributed by atoms with Crippen molar-refractivity contribution in [3.05, 3.63) is 45.6 Å². The Kier molecular flexibility index (Phi) is 5.22. The van der Waals surface area contributed by atoms with E-state index in [1.165, 1.54) is 9.75 Å². The van der Waals surface area contributed by atoms with Gasteiger partial charge in [-0.2, -0.15) is 0 Å². The number of thiophene rings is 1. The third-order valence-corrected chi connectivity index (χ3v) is 4.33. The normalized spacial score (nSPS) is 10.4. The average molecular weight is 304 g/mol. The molecule has 0 saturated heterocycles. The summed E-state index contributed by atoms with van der Waals surface area (Å²) in [6.07, 6.45) is 1.03. The second-order valence-corrected chi connectivity index (χ2v) is 5.82. The number of nitrogens with two attached hydrogens (primary N) is 1. The Morgan fingerprint density at radius 2 is 2.00 bits per heavy atom. The summed E-state index contributed by atoms with van der Waals surface area (Å²) in [5.74, 6) is -0.354. The number of benzene rings is 1. The maximum atomic E-state index is 12.0. The summed E-state index contributed by atoms with van der Waals surface area (Å²) < 4.78 is 5.07. The molecule has 1 aromatic heterocycles. The summed E-state index contributed by atoms with van der Waals surface area (Å²) in [5, 5.41) is 3.26. The molecule has 0 unspecified atom stereocenters. The Balaban J connectivity index is 2.16. The minimum Gasteiger partial charge on any atom is -0.462 e. The molecule has 0 radical (unpaired) electrons. The van der Waals surface area contributed by atoms with Crippen molar-refractivity contribution in [3.8, 4) is 0 Å². The first-order valence-corrected chi connectivity index (χ1v) is 7.84. The monoisotopic (exact) mass is 304 g/mol. The van der Waals surface area contributed by atoms with E-state index in [0.717, 1.165) is 6.42 Å². The molecule has 21 heavy (non-hydrogen) atoms. The molecule has 0 atom stereocenters. The van der Waals surface area contributed by atoms with Gasteiger partial charge in [0.05, 0.1) is 23.5 Å². The van der Waals surface area contributed by atoms with Gasteiger partial charge in [0.2, 0.25) is 0 Å². The second-order valence-electron chi connectivity index (χ2n) is 4.57. The van der Waals surface area contributed by atoms with Crippen molar-refractivity contribution in [2.24, 2.45) is 0 Å². The van der Waals surface area contributed by atoms with Gasteiger partial charge in [-0.05, 0) is 37.6 Å². The molecule has 0 aliphatic carbocycles. The molecule has 0 amide bonds. The zero-order chi connectivity index (χ0) is 15.2. The molecule has 2 rings (SSSR count). The summed E-state index contributed by atoms with van der Waals surface area (Å²) >= 11 is 1.76. The molecule has 2 aromatic rings. The fourth-order valence-electron chi connectivity index (χ4n) is 2.03. The van der Waals surface area contributed by atoms with Crippen LogP contribution in [0.5, 0.6) is 0 Å². The molecule has 1 aromatic carbocycles. The molecule has 1 heterocycles. The second kappa shape index (κ2) is 7.13. The Labute approximate surface area is 128 Å². The summed E-state index contributed by atoms with van der Waals surface area (Å²) in [7, 11) is 0. The van der Waals surface area contributed by atoms with Crippen LogP contribution in [0.3, 0.4) is 0 Å². The highest BCUT2D eigenvalue weighted by Gasteiger charge is 2.14. The maximum absolute atomic E-state index is 12.0. The van der Waals surface area contributed by atoms with Crippen molar-refractivity contribution in [2.45, 2.75) is 26.8 Å². The van der Waals surface area contributed by atoms with Crippen molar-refractivity contribution >= 4 is 28.7 Å². The van der Waals surface area contributed by atoms with Gasteiger partial charge < -0.3 is 15.8 Å². The number of carbonyl (C=O) groups excluding carboxylic acids is 1. The van der Waals surface area contributed by atoms with Gasteiger partial charge in [-0.1, -0.05) is 13.0 Å². The van der Waals surface area contributed by atoms with Gasteiger partial charge in [-0.3, -0.25) is 0 Å². The van der Waals surface area contributed by atoms with Crippen molar-refractivity contribution < 1.29 is 9.53 Å². The molecular formula is C16H20N2O2S. The Morgan fingerprint density at radius 3 is 2.67 bits per heavy atom. The number of ether oxygens (including phenoxy) is 1. The first-order valence-electron chi connectivity index (χ1n) is 7.02. The fraction of sp³-hybridized carbons (Fsp3) is 0.312. The first-order chi connectivity index (χ1) is 10.2. The molecular weight excluding hydrogens is 284 g/mol. The third-order valence-electron chi connectivity index (χ3n) is 3.10. The zero-order valence-electron chi connectivity index (χ0n) is 12.3. The van der Waals surface area contributed by atoms with Gasteiger partial charge in [0.1, 0.15) is 0 Å². The summed E-state index contributed by atoms with van der Waals surface area (Å²) in [5.41, 5.74) is 7.65. The predicted molar refractivity (Wildman–Crippen MR) is 87.8 cm³/mol. The number of rotatable bonds is 6. The third kappa shape index (κ3) is 3.76. The lowest BCUT2D eigenvalue weighted by molar-refractivity contribution is 0.0527. The highest BCUT2D eigenvalue weighted by Crippen LogP contribution is 2.26. The average Bonchev–Trinajstić information content (AvgIpc) is 2.94. The number of carbonyl (C=O) groups is 1. The van der Waals surface area contributed by atoms with Crippen LogP contribution in [0.15, 0.2) is 30.3 Å². The molecule has 112 valence electrons. The van der Waals surface area contributed by atoms with E-state index in [0.29, 0.717) is 30.1 Å². The van der Waals surface area contributed by atoms with E-state index >= 15 is 0 Å². The lowest BCUT2D eigenvalue weighted by Crippen LogP contribution is -2.11. The van der Waals surface area contributed by atoms with E-state index in [9.17, 15) is 4.79 Å². The van der Waals surface area contributed by atoms with Crippen LogP contribution in [0.25, 0.3) is 0 Å². The first kappa shape index (κ1) is 15.4. The van der Waals surface area contributed by atoms with Gasteiger partial charge in [0, 0.05) is 16.3 Å². The van der Waals surface area contributed by atoms with Crippen LogP contribution in [0.4, 0.5) is 11.4 Å². The molecule has 0 aliphatic rings. The van der Waals surface area contributed by atoms with Crippen LogP contribution in [0.1, 0.15) is 34.0 Å². The molecule has 5 heteroatoms. The summed E-state index contributed by atoms with van der Waals surface area (Å²) in [6.45, 7) is 4.91. The van der Waals surface area contributed by atoms with Crippen LogP contribution in [0.2, 0.25) is 0 Å².